The summed E-state index contributed by atoms with van der Waals surface area (Å²) in [6.45, 7) is 0. The molecule has 0 aliphatic carbocycles. The van der Waals surface area contributed by atoms with Gasteiger partial charge in [0.2, 0.25) is 0 Å². The maximum absolute atomic E-state index is 11.6. The molecule has 3 rings (SSSR count). The van der Waals surface area contributed by atoms with Crippen molar-refractivity contribution in [2.24, 2.45) is 0 Å². The normalized spacial score (nSPS) is 10.9. The van der Waals surface area contributed by atoms with Gasteiger partial charge in [-0.2, -0.15) is 0 Å². The van der Waals surface area contributed by atoms with Gasteiger partial charge in [-0.25, -0.2) is 4.79 Å². The Morgan fingerprint density at radius 1 is 0.926 bits per heavy atom. The molecule has 0 saturated heterocycles. The number of hydrogen-bond acceptors (Lipinski definition) is 5. The van der Waals surface area contributed by atoms with E-state index in [0.717, 1.165) is 16.9 Å². The molecule has 3 aromatic rings. The smallest absolute Gasteiger partial charge is 0.345 e. The third-order valence-electron chi connectivity index (χ3n) is 3.99. The maximum atomic E-state index is 11.6. The predicted octanol–water partition coefficient (Wildman–Crippen LogP) is 2.91. The van der Waals surface area contributed by atoms with Crippen molar-refractivity contribution in [2.45, 2.75) is 0 Å². The highest BCUT2D eigenvalue weighted by atomic mass is 16.6. The van der Waals surface area contributed by atoms with E-state index in [1.165, 1.54) is 6.08 Å². The summed E-state index contributed by atoms with van der Waals surface area (Å²) in [6.07, 6.45) is 2.93. The summed E-state index contributed by atoms with van der Waals surface area (Å²) in [7, 11) is 1.95. The van der Waals surface area contributed by atoms with Gasteiger partial charge in [-0.15, -0.1) is 0 Å². The zero-order valence-electron chi connectivity index (χ0n) is 14.4. The van der Waals surface area contributed by atoms with E-state index in [1.807, 2.05) is 71.5 Å². The van der Waals surface area contributed by atoms with E-state index >= 15 is 0 Å². The first-order valence-corrected chi connectivity index (χ1v) is 8.03. The van der Waals surface area contributed by atoms with Crippen molar-refractivity contribution in [3.8, 4) is 0 Å². The van der Waals surface area contributed by atoms with Crippen LogP contribution in [0.5, 0.6) is 0 Å². The van der Waals surface area contributed by atoms with Crippen LogP contribution in [0.4, 0.5) is 17.1 Å². The van der Waals surface area contributed by atoms with Crippen molar-refractivity contribution in [3.63, 3.8) is 0 Å². The molecule has 0 bridgehead atoms. The summed E-state index contributed by atoms with van der Waals surface area (Å²) in [6, 6.07) is 17.3. The third kappa shape index (κ3) is 4.01. The number of nitro groups is 1. The molecule has 0 unspecified atom stereocenters. The number of hydrogen-bond donors (Lipinski definition) is 2. The van der Waals surface area contributed by atoms with Crippen molar-refractivity contribution in [3.05, 3.63) is 96.8 Å². The molecule has 0 saturated carbocycles. The van der Waals surface area contributed by atoms with Crippen LogP contribution in [0.2, 0.25) is 0 Å². The zero-order chi connectivity index (χ0) is 19.4. The van der Waals surface area contributed by atoms with Gasteiger partial charge in [-0.3, -0.25) is 19.9 Å². The number of benzene rings is 2. The number of aromatic amines is 2. The average Bonchev–Trinajstić information content (AvgIpc) is 2.66. The van der Waals surface area contributed by atoms with Crippen molar-refractivity contribution in [1.82, 2.24) is 9.97 Å². The summed E-state index contributed by atoms with van der Waals surface area (Å²) in [5.41, 5.74) is 0.0702. The lowest BCUT2D eigenvalue weighted by atomic mass is 10.1. The third-order valence-corrected chi connectivity index (χ3v) is 3.99. The Morgan fingerprint density at radius 2 is 1.56 bits per heavy atom. The second-order valence-electron chi connectivity index (χ2n) is 5.75. The van der Waals surface area contributed by atoms with Gasteiger partial charge in [-0.05, 0) is 35.9 Å². The van der Waals surface area contributed by atoms with E-state index in [4.69, 9.17) is 0 Å². The summed E-state index contributed by atoms with van der Waals surface area (Å²) < 4.78 is 0. The van der Waals surface area contributed by atoms with Crippen LogP contribution in [0.15, 0.2) is 64.2 Å². The highest BCUT2D eigenvalue weighted by Gasteiger charge is 2.18. The Morgan fingerprint density at radius 3 is 2.19 bits per heavy atom. The average molecular weight is 364 g/mol. The fourth-order valence-electron chi connectivity index (χ4n) is 2.59. The molecule has 0 atom stereocenters. The van der Waals surface area contributed by atoms with Crippen molar-refractivity contribution in [1.29, 1.82) is 0 Å². The standard InChI is InChI=1S/C19H16N4O4/c1-22(14-5-3-2-4-6-14)15-10-7-13(8-11-15)9-12-16-17(23(26)27)18(24)21-19(25)20-16/h2-12H,1H3,(H2,20,21,24,25)/b12-9+. The Bertz CT molecular complexity index is 1100. The largest absolute Gasteiger partial charge is 0.357 e. The van der Waals surface area contributed by atoms with Gasteiger partial charge >= 0.3 is 16.9 Å². The summed E-state index contributed by atoms with van der Waals surface area (Å²) >= 11 is 0. The first-order valence-electron chi connectivity index (χ1n) is 8.03. The fraction of sp³-hybridized carbons (Fsp3) is 0.0526. The topological polar surface area (TPSA) is 112 Å². The van der Waals surface area contributed by atoms with Gasteiger partial charge < -0.3 is 9.88 Å². The first kappa shape index (κ1) is 17.9. The highest BCUT2D eigenvalue weighted by Crippen LogP contribution is 2.23. The van der Waals surface area contributed by atoms with Gasteiger partial charge in [0.25, 0.3) is 0 Å². The van der Waals surface area contributed by atoms with E-state index in [1.54, 1.807) is 6.08 Å². The van der Waals surface area contributed by atoms with Gasteiger partial charge in [0, 0.05) is 18.4 Å². The minimum atomic E-state index is -1.04. The molecule has 27 heavy (non-hydrogen) atoms. The van der Waals surface area contributed by atoms with Gasteiger partial charge in [0.1, 0.15) is 5.69 Å². The molecule has 0 aliphatic rings. The van der Waals surface area contributed by atoms with Crippen LogP contribution in [-0.2, 0) is 0 Å². The molecular formula is C19H16N4O4. The highest BCUT2D eigenvalue weighted by molar-refractivity contribution is 5.73. The minimum Gasteiger partial charge on any atom is -0.345 e. The van der Waals surface area contributed by atoms with Gasteiger partial charge in [0.15, 0.2) is 0 Å². The van der Waals surface area contributed by atoms with Gasteiger partial charge in [-0.1, -0.05) is 36.4 Å². The first-order chi connectivity index (χ1) is 13.0. The van der Waals surface area contributed by atoms with E-state index in [-0.39, 0.29) is 5.69 Å². The molecule has 8 heteroatoms. The van der Waals surface area contributed by atoms with Crippen LogP contribution in [0.1, 0.15) is 11.3 Å². The lowest BCUT2D eigenvalue weighted by Gasteiger charge is -2.19. The molecule has 8 nitrogen and oxygen atoms in total. The lowest BCUT2D eigenvalue weighted by molar-refractivity contribution is -0.386. The van der Waals surface area contributed by atoms with Crippen LogP contribution in [0, 0.1) is 10.1 Å². The molecule has 0 spiro atoms. The molecule has 1 heterocycles. The van der Waals surface area contributed by atoms with Crippen molar-refractivity contribution < 1.29 is 4.92 Å². The van der Waals surface area contributed by atoms with Crippen LogP contribution in [0.3, 0.4) is 0 Å². The molecule has 0 radical (unpaired) electrons. The van der Waals surface area contributed by atoms with Crippen LogP contribution in [-0.4, -0.2) is 21.9 Å². The van der Waals surface area contributed by atoms with Crippen LogP contribution >= 0.6 is 0 Å². The van der Waals surface area contributed by atoms with Crippen molar-refractivity contribution >= 4 is 29.2 Å². The fourth-order valence-corrected chi connectivity index (χ4v) is 2.59. The molecule has 0 fully saturated rings. The van der Waals surface area contributed by atoms with E-state index < -0.39 is 21.9 Å². The Labute approximate surface area is 153 Å². The van der Waals surface area contributed by atoms with Crippen LogP contribution in [0.25, 0.3) is 12.2 Å². The number of aromatic nitrogens is 2. The number of rotatable bonds is 5. The minimum absolute atomic E-state index is 0.153. The summed E-state index contributed by atoms with van der Waals surface area (Å²) in [4.78, 5) is 39.3. The molecule has 1 aromatic heterocycles. The number of nitrogens with one attached hydrogen (secondary N) is 2. The second kappa shape index (κ2) is 7.52. The lowest BCUT2D eigenvalue weighted by Crippen LogP contribution is -2.25. The predicted molar refractivity (Wildman–Crippen MR) is 104 cm³/mol. The number of nitrogens with zero attached hydrogens (tertiary/aromatic N) is 2. The molecule has 136 valence electrons. The summed E-state index contributed by atoms with van der Waals surface area (Å²) in [5.74, 6) is 0. The van der Waals surface area contributed by atoms with E-state index in [9.17, 15) is 19.7 Å². The maximum Gasteiger partial charge on any atom is 0.357 e. The molecule has 0 amide bonds. The van der Waals surface area contributed by atoms with Crippen molar-refractivity contribution in [2.75, 3.05) is 11.9 Å². The molecule has 2 aromatic carbocycles. The molecule has 0 aliphatic heterocycles. The van der Waals surface area contributed by atoms with E-state index in [0.29, 0.717) is 0 Å². The Hall–Kier alpha value is -3.94. The summed E-state index contributed by atoms with van der Waals surface area (Å²) in [5, 5.41) is 11.0. The van der Waals surface area contributed by atoms with Crippen LogP contribution < -0.4 is 16.1 Å². The number of anilines is 2. The van der Waals surface area contributed by atoms with E-state index in [2.05, 4.69) is 4.98 Å². The number of para-hydroxylation sites is 1. The Kier molecular flexibility index (Phi) is 4.98. The zero-order valence-corrected chi connectivity index (χ0v) is 14.4. The second-order valence-corrected chi connectivity index (χ2v) is 5.75. The van der Waals surface area contributed by atoms with Gasteiger partial charge in [0.05, 0.1) is 4.92 Å². The number of H-pyrrole nitrogens is 2. The quantitative estimate of drug-likeness (QED) is 0.534. The molecular weight excluding hydrogens is 348 g/mol. The molecule has 2 N–H and O–H groups in total. The Balaban J connectivity index is 1.86. The monoisotopic (exact) mass is 364 g/mol. The SMILES string of the molecule is CN(c1ccccc1)c1ccc(/C=C/c2[nH]c(=O)[nH]c(=O)c2[N+](=O)[O-])cc1.